The van der Waals surface area contributed by atoms with Gasteiger partial charge in [0.1, 0.15) is 5.69 Å². The highest BCUT2D eigenvalue weighted by Gasteiger charge is 2.15. The van der Waals surface area contributed by atoms with Crippen LogP contribution in [0.4, 0.5) is 11.6 Å². The minimum Gasteiger partial charge on any atom is -0.462 e. The van der Waals surface area contributed by atoms with Crippen molar-refractivity contribution in [1.29, 1.82) is 0 Å². The number of carbonyl (C=O) groups excluding carboxylic acids is 2. The Hall–Kier alpha value is -2.96. The maximum atomic E-state index is 12.5. The van der Waals surface area contributed by atoms with Crippen LogP contribution in [0.25, 0.3) is 0 Å². The van der Waals surface area contributed by atoms with Gasteiger partial charge in [0, 0.05) is 25.0 Å². The number of nitrogens with zero attached hydrogens (tertiary/aromatic N) is 3. The summed E-state index contributed by atoms with van der Waals surface area (Å²) >= 11 is 0. The Kier molecular flexibility index (Phi) is 7.28. The van der Waals surface area contributed by atoms with Crippen molar-refractivity contribution in [3.8, 4) is 0 Å². The molecule has 0 fully saturated rings. The van der Waals surface area contributed by atoms with Crippen LogP contribution in [0.15, 0.2) is 30.3 Å². The second-order valence-corrected chi connectivity index (χ2v) is 6.22. The summed E-state index contributed by atoms with van der Waals surface area (Å²) in [5, 5.41) is 3.08. The van der Waals surface area contributed by atoms with E-state index in [-0.39, 0.29) is 11.9 Å². The molecule has 1 aromatic heterocycles. The molecule has 0 atom stereocenters. The van der Waals surface area contributed by atoms with Gasteiger partial charge in [0.05, 0.1) is 12.2 Å². The van der Waals surface area contributed by atoms with Crippen molar-refractivity contribution in [2.45, 2.75) is 33.6 Å². The van der Waals surface area contributed by atoms with Crippen molar-refractivity contribution in [1.82, 2.24) is 14.9 Å². The summed E-state index contributed by atoms with van der Waals surface area (Å²) < 4.78 is 4.97. The fraction of sp³-hybridized carbons (Fsp3) is 0.400. The lowest BCUT2D eigenvalue weighted by molar-refractivity contribution is 0.0526. The molecule has 0 aliphatic heterocycles. The molecule has 0 bridgehead atoms. The number of carbonyl (C=O) groups is 2. The van der Waals surface area contributed by atoms with E-state index in [2.05, 4.69) is 22.2 Å². The fourth-order valence-corrected chi connectivity index (χ4v) is 2.46. The Morgan fingerprint density at radius 3 is 2.48 bits per heavy atom. The van der Waals surface area contributed by atoms with Crippen LogP contribution in [0.1, 0.15) is 53.2 Å². The third-order valence-corrected chi connectivity index (χ3v) is 3.92. The van der Waals surface area contributed by atoms with E-state index in [1.165, 1.54) is 0 Å². The monoisotopic (exact) mass is 370 g/mol. The summed E-state index contributed by atoms with van der Waals surface area (Å²) in [5.41, 5.74) is 2.24. The SMILES string of the molecule is CCCCN(C)C(=O)c1cc(C)nc(Nc2ccc(C(=O)OCC)cc2)n1. The molecule has 0 spiro atoms. The first-order chi connectivity index (χ1) is 12.9. The average Bonchev–Trinajstić information content (AvgIpc) is 2.65. The van der Waals surface area contributed by atoms with Crippen LogP contribution < -0.4 is 5.32 Å². The first-order valence-corrected chi connectivity index (χ1v) is 9.10. The number of anilines is 2. The minimum atomic E-state index is -0.362. The van der Waals surface area contributed by atoms with Crippen molar-refractivity contribution >= 4 is 23.5 Å². The summed E-state index contributed by atoms with van der Waals surface area (Å²) in [4.78, 5) is 34.6. The normalized spacial score (nSPS) is 10.4. The Labute approximate surface area is 159 Å². The predicted molar refractivity (Wildman–Crippen MR) is 104 cm³/mol. The Bertz CT molecular complexity index is 790. The number of amides is 1. The van der Waals surface area contributed by atoms with Crippen LogP contribution in [0, 0.1) is 6.92 Å². The first-order valence-electron chi connectivity index (χ1n) is 9.10. The van der Waals surface area contributed by atoms with Crippen molar-refractivity contribution in [3.05, 3.63) is 47.3 Å². The van der Waals surface area contributed by atoms with Gasteiger partial charge in [-0.1, -0.05) is 13.3 Å². The molecular weight excluding hydrogens is 344 g/mol. The van der Waals surface area contributed by atoms with E-state index in [0.717, 1.165) is 12.8 Å². The number of unbranched alkanes of at least 4 members (excludes halogenated alkanes) is 1. The number of ether oxygens (including phenoxy) is 1. The lowest BCUT2D eigenvalue weighted by atomic mass is 10.2. The third-order valence-electron chi connectivity index (χ3n) is 3.92. The standard InChI is InChI=1S/C20H26N4O3/c1-5-7-12-24(4)18(25)17-13-14(3)21-20(23-17)22-16-10-8-15(9-11-16)19(26)27-6-2/h8-11,13H,5-7,12H2,1-4H3,(H,21,22,23). The molecule has 0 aliphatic rings. The number of hydrogen-bond donors (Lipinski definition) is 1. The first kappa shape index (κ1) is 20.4. The molecular formula is C20H26N4O3. The summed E-state index contributed by atoms with van der Waals surface area (Å²) in [6.07, 6.45) is 1.97. The molecule has 144 valence electrons. The highest BCUT2D eigenvalue weighted by Crippen LogP contribution is 2.16. The number of hydrogen-bond acceptors (Lipinski definition) is 6. The van der Waals surface area contributed by atoms with Crippen LogP contribution in [-0.2, 0) is 4.74 Å². The number of rotatable bonds is 8. The minimum absolute atomic E-state index is 0.130. The highest BCUT2D eigenvalue weighted by atomic mass is 16.5. The van der Waals surface area contributed by atoms with E-state index < -0.39 is 0 Å². The van der Waals surface area contributed by atoms with E-state index in [1.807, 2.05) is 6.92 Å². The fourth-order valence-electron chi connectivity index (χ4n) is 2.46. The van der Waals surface area contributed by atoms with Crippen LogP contribution in [-0.4, -0.2) is 46.9 Å². The third kappa shape index (κ3) is 5.77. The Morgan fingerprint density at radius 2 is 1.85 bits per heavy atom. The lowest BCUT2D eigenvalue weighted by Crippen LogP contribution is -2.28. The second-order valence-electron chi connectivity index (χ2n) is 6.22. The van der Waals surface area contributed by atoms with Gasteiger partial charge in [0.2, 0.25) is 5.95 Å². The largest absolute Gasteiger partial charge is 0.462 e. The molecule has 27 heavy (non-hydrogen) atoms. The Balaban J connectivity index is 2.14. The van der Waals surface area contributed by atoms with E-state index >= 15 is 0 Å². The van der Waals surface area contributed by atoms with Gasteiger partial charge in [-0.15, -0.1) is 0 Å². The van der Waals surface area contributed by atoms with E-state index in [0.29, 0.717) is 41.7 Å². The van der Waals surface area contributed by atoms with Crippen molar-refractivity contribution in [2.75, 3.05) is 25.5 Å². The van der Waals surface area contributed by atoms with Crippen molar-refractivity contribution < 1.29 is 14.3 Å². The average molecular weight is 370 g/mol. The maximum absolute atomic E-state index is 12.5. The van der Waals surface area contributed by atoms with Gasteiger partial charge >= 0.3 is 5.97 Å². The van der Waals surface area contributed by atoms with E-state index in [9.17, 15) is 9.59 Å². The summed E-state index contributed by atoms with van der Waals surface area (Å²) in [6.45, 7) is 6.69. The zero-order chi connectivity index (χ0) is 19.8. The lowest BCUT2D eigenvalue weighted by Gasteiger charge is -2.17. The van der Waals surface area contributed by atoms with Crippen LogP contribution in [0.3, 0.4) is 0 Å². The van der Waals surface area contributed by atoms with Crippen LogP contribution >= 0.6 is 0 Å². The molecule has 0 aliphatic carbocycles. The van der Waals surface area contributed by atoms with Gasteiger partial charge < -0.3 is 15.0 Å². The van der Waals surface area contributed by atoms with Gasteiger partial charge in [-0.05, 0) is 50.6 Å². The molecule has 1 N–H and O–H groups in total. The van der Waals surface area contributed by atoms with Crippen LogP contribution in [0.5, 0.6) is 0 Å². The van der Waals surface area contributed by atoms with Crippen molar-refractivity contribution in [3.63, 3.8) is 0 Å². The summed E-state index contributed by atoms with van der Waals surface area (Å²) in [7, 11) is 1.77. The van der Waals surface area contributed by atoms with Crippen molar-refractivity contribution in [2.24, 2.45) is 0 Å². The molecule has 2 rings (SSSR count). The zero-order valence-corrected chi connectivity index (χ0v) is 16.3. The van der Waals surface area contributed by atoms with Gasteiger partial charge in [0.25, 0.3) is 5.91 Å². The zero-order valence-electron chi connectivity index (χ0n) is 16.3. The number of aryl methyl sites for hydroxylation is 1. The summed E-state index contributed by atoms with van der Waals surface area (Å²) in [6, 6.07) is 8.50. The van der Waals surface area contributed by atoms with Gasteiger partial charge in [-0.25, -0.2) is 14.8 Å². The van der Waals surface area contributed by atoms with E-state index in [1.54, 1.807) is 49.2 Å². The number of esters is 1. The molecule has 0 saturated heterocycles. The van der Waals surface area contributed by atoms with Gasteiger partial charge in [-0.3, -0.25) is 4.79 Å². The van der Waals surface area contributed by atoms with Crippen LogP contribution in [0.2, 0.25) is 0 Å². The number of benzene rings is 1. The quantitative estimate of drug-likeness (QED) is 0.715. The molecule has 1 aromatic carbocycles. The van der Waals surface area contributed by atoms with Gasteiger partial charge in [0.15, 0.2) is 0 Å². The topological polar surface area (TPSA) is 84.4 Å². The molecule has 0 saturated carbocycles. The summed E-state index contributed by atoms with van der Waals surface area (Å²) in [5.74, 6) is -0.153. The smallest absolute Gasteiger partial charge is 0.338 e. The predicted octanol–water partition coefficient (Wildman–Crippen LogP) is 3.58. The molecule has 2 aromatic rings. The molecule has 0 unspecified atom stereocenters. The molecule has 7 nitrogen and oxygen atoms in total. The maximum Gasteiger partial charge on any atom is 0.338 e. The Morgan fingerprint density at radius 1 is 1.15 bits per heavy atom. The van der Waals surface area contributed by atoms with Gasteiger partial charge in [-0.2, -0.15) is 0 Å². The molecule has 1 amide bonds. The number of nitrogens with one attached hydrogen (secondary N) is 1. The molecule has 0 radical (unpaired) electrons. The highest BCUT2D eigenvalue weighted by molar-refractivity contribution is 5.92. The number of aromatic nitrogens is 2. The van der Waals surface area contributed by atoms with E-state index in [4.69, 9.17) is 4.74 Å². The second kappa shape index (κ2) is 9.66. The molecule has 7 heteroatoms. The molecule has 1 heterocycles.